The van der Waals surface area contributed by atoms with Gasteiger partial charge in [0, 0.05) is 30.5 Å². The number of morpholine rings is 1. The number of hydrogen-bond donors (Lipinski definition) is 2. The zero-order valence-corrected chi connectivity index (χ0v) is 12.0. The molecule has 0 unspecified atom stereocenters. The SMILES string of the molecule is Cc1nc(Nc2ccc(N)cc2)cc(N2CCOCC2)n1. The second kappa shape index (κ2) is 5.97. The van der Waals surface area contributed by atoms with Crippen LogP contribution in [0.4, 0.5) is 23.0 Å². The number of nitrogens with one attached hydrogen (secondary N) is 1. The molecular formula is C15H19N5O. The molecule has 1 aromatic heterocycles. The van der Waals surface area contributed by atoms with E-state index in [2.05, 4.69) is 20.2 Å². The molecule has 2 heterocycles. The second-order valence-corrected chi connectivity index (χ2v) is 5.01. The van der Waals surface area contributed by atoms with Crippen molar-refractivity contribution in [1.29, 1.82) is 0 Å². The Balaban J connectivity index is 1.81. The van der Waals surface area contributed by atoms with E-state index >= 15 is 0 Å². The molecular weight excluding hydrogens is 266 g/mol. The fourth-order valence-electron chi connectivity index (χ4n) is 2.28. The summed E-state index contributed by atoms with van der Waals surface area (Å²) in [5.41, 5.74) is 7.39. The summed E-state index contributed by atoms with van der Waals surface area (Å²) in [5, 5.41) is 3.29. The summed E-state index contributed by atoms with van der Waals surface area (Å²) in [6, 6.07) is 9.55. The van der Waals surface area contributed by atoms with Gasteiger partial charge in [-0.15, -0.1) is 0 Å². The lowest BCUT2D eigenvalue weighted by Crippen LogP contribution is -2.36. The normalized spacial score (nSPS) is 15.0. The Bertz CT molecular complexity index is 608. The molecule has 1 aliphatic heterocycles. The average Bonchev–Trinajstić information content (AvgIpc) is 2.50. The molecule has 0 amide bonds. The van der Waals surface area contributed by atoms with E-state index < -0.39 is 0 Å². The predicted octanol–water partition coefficient (Wildman–Crippen LogP) is 1.95. The maximum atomic E-state index is 5.69. The molecule has 1 saturated heterocycles. The standard InChI is InChI=1S/C15H19N5O/c1-11-17-14(19-13-4-2-12(16)3-5-13)10-15(18-11)20-6-8-21-9-7-20/h2-5,10H,6-9,16H2,1H3,(H,17,18,19). The topological polar surface area (TPSA) is 76.3 Å². The summed E-state index contributed by atoms with van der Waals surface area (Å²) in [5.74, 6) is 2.47. The Morgan fingerprint density at radius 1 is 1.14 bits per heavy atom. The highest BCUT2D eigenvalue weighted by molar-refractivity contribution is 5.61. The smallest absolute Gasteiger partial charge is 0.136 e. The van der Waals surface area contributed by atoms with Crippen molar-refractivity contribution < 1.29 is 4.74 Å². The van der Waals surface area contributed by atoms with Crippen LogP contribution < -0.4 is 16.0 Å². The lowest BCUT2D eigenvalue weighted by Gasteiger charge is -2.28. The van der Waals surface area contributed by atoms with Gasteiger partial charge in [-0.3, -0.25) is 0 Å². The Labute approximate surface area is 124 Å². The number of aryl methyl sites for hydroxylation is 1. The number of aromatic nitrogens is 2. The van der Waals surface area contributed by atoms with Gasteiger partial charge >= 0.3 is 0 Å². The van der Waals surface area contributed by atoms with E-state index in [0.29, 0.717) is 0 Å². The minimum absolute atomic E-state index is 0.740. The summed E-state index contributed by atoms with van der Waals surface area (Å²) >= 11 is 0. The van der Waals surface area contributed by atoms with Crippen molar-refractivity contribution in [2.45, 2.75) is 6.92 Å². The second-order valence-electron chi connectivity index (χ2n) is 5.01. The maximum absolute atomic E-state index is 5.69. The zero-order valence-electron chi connectivity index (χ0n) is 12.0. The van der Waals surface area contributed by atoms with E-state index in [1.54, 1.807) is 0 Å². The summed E-state index contributed by atoms with van der Waals surface area (Å²) < 4.78 is 5.38. The van der Waals surface area contributed by atoms with Crippen molar-refractivity contribution in [2.75, 3.05) is 42.3 Å². The predicted molar refractivity (Wildman–Crippen MR) is 83.9 cm³/mol. The van der Waals surface area contributed by atoms with E-state index in [9.17, 15) is 0 Å². The van der Waals surface area contributed by atoms with Crippen LogP contribution in [0.3, 0.4) is 0 Å². The molecule has 21 heavy (non-hydrogen) atoms. The molecule has 0 spiro atoms. The van der Waals surface area contributed by atoms with Gasteiger partial charge in [0.15, 0.2) is 0 Å². The zero-order chi connectivity index (χ0) is 14.7. The van der Waals surface area contributed by atoms with Crippen molar-refractivity contribution in [3.63, 3.8) is 0 Å². The van der Waals surface area contributed by atoms with Gasteiger partial charge in [0.1, 0.15) is 17.5 Å². The van der Waals surface area contributed by atoms with E-state index in [1.807, 2.05) is 37.3 Å². The third kappa shape index (κ3) is 3.41. The number of ether oxygens (including phenoxy) is 1. The van der Waals surface area contributed by atoms with Gasteiger partial charge in [0.05, 0.1) is 13.2 Å². The van der Waals surface area contributed by atoms with Crippen molar-refractivity contribution in [3.05, 3.63) is 36.2 Å². The quantitative estimate of drug-likeness (QED) is 0.839. The van der Waals surface area contributed by atoms with Crippen LogP contribution in [0.25, 0.3) is 0 Å². The van der Waals surface area contributed by atoms with E-state index in [-0.39, 0.29) is 0 Å². The molecule has 6 heteroatoms. The van der Waals surface area contributed by atoms with Crippen LogP contribution in [0, 0.1) is 6.92 Å². The molecule has 0 saturated carbocycles. The molecule has 1 fully saturated rings. The largest absolute Gasteiger partial charge is 0.399 e. The first-order valence-corrected chi connectivity index (χ1v) is 7.02. The third-order valence-corrected chi connectivity index (χ3v) is 3.34. The van der Waals surface area contributed by atoms with Gasteiger partial charge in [-0.2, -0.15) is 0 Å². The van der Waals surface area contributed by atoms with Crippen molar-refractivity contribution >= 4 is 23.0 Å². The molecule has 3 rings (SSSR count). The van der Waals surface area contributed by atoms with Gasteiger partial charge in [0.2, 0.25) is 0 Å². The molecule has 1 aromatic carbocycles. The third-order valence-electron chi connectivity index (χ3n) is 3.34. The number of hydrogen-bond acceptors (Lipinski definition) is 6. The van der Waals surface area contributed by atoms with Crippen molar-refractivity contribution in [3.8, 4) is 0 Å². The molecule has 0 bridgehead atoms. The number of nitrogen functional groups attached to an aromatic ring is 1. The molecule has 6 nitrogen and oxygen atoms in total. The Hall–Kier alpha value is -2.34. The average molecular weight is 285 g/mol. The van der Waals surface area contributed by atoms with Crippen molar-refractivity contribution in [2.24, 2.45) is 0 Å². The van der Waals surface area contributed by atoms with Crippen LogP contribution in [0.2, 0.25) is 0 Å². The molecule has 0 radical (unpaired) electrons. The highest BCUT2D eigenvalue weighted by Crippen LogP contribution is 2.21. The summed E-state index contributed by atoms with van der Waals surface area (Å²) in [6.45, 7) is 5.10. The van der Waals surface area contributed by atoms with Crippen LogP contribution in [0.1, 0.15) is 5.82 Å². The molecule has 0 atom stereocenters. The molecule has 1 aliphatic rings. The highest BCUT2D eigenvalue weighted by Gasteiger charge is 2.14. The summed E-state index contributed by atoms with van der Waals surface area (Å²) in [7, 11) is 0. The van der Waals surface area contributed by atoms with Gasteiger partial charge in [-0.1, -0.05) is 0 Å². The minimum atomic E-state index is 0.740. The number of benzene rings is 1. The fraction of sp³-hybridized carbons (Fsp3) is 0.333. The Kier molecular flexibility index (Phi) is 3.87. The summed E-state index contributed by atoms with van der Waals surface area (Å²) in [4.78, 5) is 11.2. The molecule has 3 N–H and O–H groups in total. The number of rotatable bonds is 3. The van der Waals surface area contributed by atoms with Crippen LogP contribution >= 0.6 is 0 Å². The maximum Gasteiger partial charge on any atom is 0.136 e. The Morgan fingerprint density at radius 3 is 2.57 bits per heavy atom. The number of anilines is 4. The van der Waals surface area contributed by atoms with E-state index in [4.69, 9.17) is 10.5 Å². The van der Waals surface area contributed by atoms with Gasteiger partial charge < -0.3 is 20.7 Å². The van der Waals surface area contributed by atoms with Gasteiger partial charge in [-0.05, 0) is 31.2 Å². The van der Waals surface area contributed by atoms with Crippen LogP contribution in [-0.4, -0.2) is 36.3 Å². The summed E-state index contributed by atoms with van der Waals surface area (Å²) in [6.07, 6.45) is 0. The van der Waals surface area contributed by atoms with Crippen molar-refractivity contribution in [1.82, 2.24) is 9.97 Å². The Morgan fingerprint density at radius 2 is 1.86 bits per heavy atom. The monoisotopic (exact) mass is 285 g/mol. The van der Waals surface area contributed by atoms with Gasteiger partial charge in [0.25, 0.3) is 0 Å². The fourth-order valence-corrected chi connectivity index (χ4v) is 2.28. The first-order chi connectivity index (χ1) is 10.2. The van der Waals surface area contributed by atoms with Crippen LogP contribution in [0.15, 0.2) is 30.3 Å². The number of nitrogens with two attached hydrogens (primary N) is 1. The molecule has 2 aromatic rings. The van der Waals surface area contributed by atoms with Crippen LogP contribution in [0.5, 0.6) is 0 Å². The van der Waals surface area contributed by atoms with E-state index in [0.717, 1.165) is 55.1 Å². The van der Waals surface area contributed by atoms with E-state index in [1.165, 1.54) is 0 Å². The first-order valence-electron chi connectivity index (χ1n) is 7.02. The minimum Gasteiger partial charge on any atom is -0.399 e. The highest BCUT2D eigenvalue weighted by atomic mass is 16.5. The lowest BCUT2D eigenvalue weighted by molar-refractivity contribution is 0.122. The first kappa shape index (κ1) is 13.6. The molecule has 110 valence electrons. The van der Waals surface area contributed by atoms with Crippen LogP contribution in [-0.2, 0) is 4.74 Å². The number of nitrogens with zero attached hydrogens (tertiary/aromatic N) is 3. The van der Waals surface area contributed by atoms with Gasteiger partial charge in [-0.25, -0.2) is 9.97 Å². The lowest BCUT2D eigenvalue weighted by atomic mass is 10.3. The molecule has 0 aliphatic carbocycles.